The minimum Gasteiger partial charge on any atom is -0.368 e. The molecule has 0 saturated heterocycles. The third-order valence-electron chi connectivity index (χ3n) is 7.86. The molecule has 5 rings (SSSR count). The molecular weight excluding hydrogens is 504 g/mol. The first-order valence-electron chi connectivity index (χ1n) is 13.6. The number of hydrogen-bond acceptors (Lipinski definition) is 7. The van der Waals surface area contributed by atoms with E-state index >= 15 is 0 Å². The van der Waals surface area contributed by atoms with Crippen molar-refractivity contribution in [2.45, 2.75) is 45.1 Å². The van der Waals surface area contributed by atoms with Gasteiger partial charge in [-0.1, -0.05) is 30.3 Å². The largest absolute Gasteiger partial charge is 0.368 e. The first-order valence-corrected chi connectivity index (χ1v) is 13.6. The van der Waals surface area contributed by atoms with Crippen LogP contribution in [-0.2, 0) is 16.0 Å². The molecule has 2 amide bonds. The topological polar surface area (TPSA) is 157 Å². The number of aryl methyl sites for hydroxylation is 1. The summed E-state index contributed by atoms with van der Waals surface area (Å²) in [7, 11) is 0. The van der Waals surface area contributed by atoms with Crippen LogP contribution in [0.5, 0.6) is 0 Å². The summed E-state index contributed by atoms with van der Waals surface area (Å²) in [5.41, 5.74) is 17.1. The highest BCUT2D eigenvalue weighted by Crippen LogP contribution is 2.33. The fourth-order valence-electron chi connectivity index (χ4n) is 5.51. The second-order valence-corrected chi connectivity index (χ2v) is 10.4. The maximum Gasteiger partial charge on any atom is 0.240 e. The summed E-state index contributed by atoms with van der Waals surface area (Å²) in [6.07, 6.45) is 5.33. The molecule has 1 aliphatic carbocycles. The SMILES string of the molecule is Cc1ncccc1-c1ccc(C[C@@H](C(N)=O)N(C(=O)C2CCC(CN)CC2)c2ccc(-c3nn[nH]n3)cc2)cc1. The van der Waals surface area contributed by atoms with Gasteiger partial charge in [-0.25, -0.2) is 0 Å². The number of nitrogens with zero attached hydrogens (tertiary/aromatic N) is 5. The van der Waals surface area contributed by atoms with E-state index in [0.717, 1.165) is 53.6 Å². The third-order valence-corrected chi connectivity index (χ3v) is 7.86. The Bertz CT molecular complexity index is 1430. The van der Waals surface area contributed by atoms with Gasteiger partial charge in [-0.3, -0.25) is 19.5 Å². The zero-order chi connectivity index (χ0) is 28.1. The Morgan fingerprint density at radius 2 is 1.70 bits per heavy atom. The lowest BCUT2D eigenvalue weighted by atomic mass is 9.81. The van der Waals surface area contributed by atoms with E-state index in [1.807, 2.05) is 55.5 Å². The van der Waals surface area contributed by atoms with Crippen LogP contribution in [0.4, 0.5) is 5.69 Å². The van der Waals surface area contributed by atoms with Crippen LogP contribution in [0.3, 0.4) is 0 Å². The Morgan fingerprint density at radius 3 is 2.30 bits per heavy atom. The molecule has 1 aliphatic rings. The Balaban J connectivity index is 1.44. The highest BCUT2D eigenvalue weighted by Gasteiger charge is 2.36. The normalized spacial score (nSPS) is 17.8. The monoisotopic (exact) mass is 538 g/mol. The fourth-order valence-corrected chi connectivity index (χ4v) is 5.51. The zero-order valence-corrected chi connectivity index (χ0v) is 22.5. The predicted molar refractivity (Wildman–Crippen MR) is 153 cm³/mol. The lowest BCUT2D eigenvalue weighted by molar-refractivity contribution is -0.127. The highest BCUT2D eigenvalue weighted by molar-refractivity contribution is 6.01. The van der Waals surface area contributed by atoms with E-state index in [4.69, 9.17) is 11.5 Å². The minimum absolute atomic E-state index is 0.0887. The number of nitrogens with two attached hydrogens (primary N) is 2. The van der Waals surface area contributed by atoms with E-state index in [1.54, 1.807) is 23.2 Å². The molecule has 2 heterocycles. The van der Waals surface area contributed by atoms with Crippen molar-refractivity contribution in [3.63, 3.8) is 0 Å². The van der Waals surface area contributed by atoms with Crippen molar-refractivity contribution >= 4 is 17.5 Å². The summed E-state index contributed by atoms with van der Waals surface area (Å²) in [6, 6.07) is 18.3. The van der Waals surface area contributed by atoms with Gasteiger partial charge in [0.1, 0.15) is 6.04 Å². The quantitative estimate of drug-likeness (QED) is 0.295. The maximum atomic E-state index is 14.1. The second-order valence-electron chi connectivity index (χ2n) is 10.4. The summed E-state index contributed by atoms with van der Waals surface area (Å²) in [5, 5.41) is 14.1. The van der Waals surface area contributed by atoms with E-state index in [1.165, 1.54) is 0 Å². The summed E-state index contributed by atoms with van der Waals surface area (Å²) >= 11 is 0. The van der Waals surface area contributed by atoms with E-state index < -0.39 is 11.9 Å². The molecule has 40 heavy (non-hydrogen) atoms. The van der Waals surface area contributed by atoms with Crippen LogP contribution in [0.25, 0.3) is 22.5 Å². The van der Waals surface area contributed by atoms with Gasteiger partial charge < -0.3 is 11.5 Å². The number of benzene rings is 2. The number of nitrogens with one attached hydrogen (secondary N) is 1. The summed E-state index contributed by atoms with van der Waals surface area (Å²) in [4.78, 5) is 33.0. The van der Waals surface area contributed by atoms with Gasteiger partial charge in [0.2, 0.25) is 17.6 Å². The molecule has 10 nitrogen and oxygen atoms in total. The smallest absolute Gasteiger partial charge is 0.240 e. The Morgan fingerprint density at radius 1 is 1.00 bits per heavy atom. The number of pyridine rings is 1. The lowest BCUT2D eigenvalue weighted by Crippen LogP contribution is -2.52. The van der Waals surface area contributed by atoms with Crippen LogP contribution < -0.4 is 16.4 Å². The number of primary amides is 1. The van der Waals surface area contributed by atoms with Gasteiger partial charge in [-0.05, 0) is 91.7 Å². The van der Waals surface area contributed by atoms with Gasteiger partial charge in [0.25, 0.3) is 0 Å². The molecule has 10 heteroatoms. The van der Waals surface area contributed by atoms with Crippen molar-refractivity contribution < 1.29 is 9.59 Å². The van der Waals surface area contributed by atoms with Crippen molar-refractivity contribution in [3.05, 3.63) is 78.1 Å². The Kier molecular flexibility index (Phi) is 8.26. The van der Waals surface area contributed by atoms with Crippen molar-refractivity contribution in [2.75, 3.05) is 11.4 Å². The number of H-pyrrole nitrogens is 1. The van der Waals surface area contributed by atoms with Crippen LogP contribution >= 0.6 is 0 Å². The Labute approximate surface area is 233 Å². The van der Waals surface area contributed by atoms with Gasteiger partial charge in [0.15, 0.2) is 0 Å². The van der Waals surface area contributed by atoms with Gasteiger partial charge in [-0.15, -0.1) is 10.2 Å². The average Bonchev–Trinajstić information content (AvgIpc) is 3.53. The minimum atomic E-state index is -0.860. The van der Waals surface area contributed by atoms with Crippen LogP contribution in [0.1, 0.15) is 36.9 Å². The molecule has 0 bridgehead atoms. The first-order chi connectivity index (χ1) is 19.4. The number of carbonyl (C=O) groups is 2. The number of aromatic nitrogens is 5. The fraction of sp³-hybridized carbons (Fsp3) is 0.333. The van der Waals surface area contributed by atoms with Crippen LogP contribution in [0.2, 0.25) is 0 Å². The summed E-state index contributed by atoms with van der Waals surface area (Å²) in [5.74, 6) is 0.0330. The number of carbonyl (C=O) groups excluding carboxylic acids is 2. The molecule has 1 fully saturated rings. The number of aromatic amines is 1. The highest BCUT2D eigenvalue weighted by atomic mass is 16.2. The number of anilines is 1. The molecule has 0 radical (unpaired) electrons. The van der Waals surface area contributed by atoms with Gasteiger partial charge >= 0.3 is 0 Å². The number of rotatable bonds is 9. The molecule has 2 aromatic heterocycles. The number of hydrogen-bond donors (Lipinski definition) is 3. The summed E-state index contributed by atoms with van der Waals surface area (Å²) < 4.78 is 0. The third kappa shape index (κ3) is 5.91. The molecule has 0 aliphatic heterocycles. The zero-order valence-electron chi connectivity index (χ0n) is 22.5. The molecule has 0 unspecified atom stereocenters. The van der Waals surface area contributed by atoms with Crippen LogP contribution in [0, 0.1) is 18.8 Å². The predicted octanol–water partition coefficient (Wildman–Crippen LogP) is 3.43. The first kappa shape index (κ1) is 27.1. The van der Waals surface area contributed by atoms with E-state index in [9.17, 15) is 9.59 Å². The van der Waals surface area contributed by atoms with E-state index in [0.29, 0.717) is 24.0 Å². The Hall–Kier alpha value is -4.44. The molecular formula is C30H34N8O2. The van der Waals surface area contributed by atoms with E-state index in [-0.39, 0.29) is 18.2 Å². The molecule has 206 valence electrons. The molecule has 5 N–H and O–H groups in total. The van der Waals surface area contributed by atoms with E-state index in [2.05, 4.69) is 25.6 Å². The molecule has 0 spiro atoms. The van der Waals surface area contributed by atoms with Crippen LogP contribution in [0.15, 0.2) is 66.9 Å². The second kappa shape index (κ2) is 12.2. The maximum absolute atomic E-state index is 14.1. The molecule has 2 aromatic carbocycles. The lowest BCUT2D eigenvalue weighted by Gasteiger charge is -2.35. The van der Waals surface area contributed by atoms with Crippen molar-refractivity contribution in [3.8, 4) is 22.5 Å². The molecule has 4 aromatic rings. The molecule has 1 atom stereocenters. The summed E-state index contributed by atoms with van der Waals surface area (Å²) in [6.45, 7) is 2.60. The standard InChI is InChI=1S/C30H34N8O2/c1-19-26(3-2-16-33-19)22-8-4-20(5-9-22)17-27(28(32)39)38(30(40)24-10-6-21(18-31)7-11-24)25-14-12-23(13-15-25)29-34-36-37-35-29/h2-5,8-9,12-16,21,24,27H,6-7,10-11,17-18,31H2,1H3,(H2,32,39)(H,34,35,36,37)/t21?,24?,27-/m0/s1. The number of amides is 2. The van der Waals surface area contributed by atoms with Crippen molar-refractivity contribution in [1.82, 2.24) is 25.6 Å². The number of tetrazole rings is 1. The average molecular weight is 539 g/mol. The van der Waals surface area contributed by atoms with Gasteiger partial charge in [0, 0.05) is 41.0 Å². The van der Waals surface area contributed by atoms with Gasteiger partial charge in [0.05, 0.1) is 0 Å². The van der Waals surface area contributed by atoms with Crippen molar-refractivity contribution in [1.29, 1.82) is 0 Å². The van der Waals surface area contributed by atoms with Crippen LogP contribution in [-0.4, -0.2) is 50.0 Å². The molecule has 1 saturated carbocycles. The van der Waals surface area contributed by atoms with Crippen molar-refractivity contribution in [2.24, 2.45) is 23.3 Å². The van der Waals surface area contributed by atoms with Gasteiger partial charge in [-0.2, -0.15) is 5.21 Å².